The third-order valence-electron chi connectivity index (χ3n) is 8.19. The summed E-state index contributed by atoms with van der Waals surface area (Å²) in [4.78, 5) is 27.1. The van der Waals surface area contributed by atoms with E-state index in [0.717, 1.165) is 54.6 Å². The van der Waals surface area contributed by atoms with E-state index in [2.05, 4.69) is 68.3 Å². The van der Waals surface area contributed by atoms with E-state index in [-0.39, 0.29) is 24.4 Å². The lowest BCUT2D eigenvalue weighted by atomic mass is 9.69. The lowest BCUT2D eigenvalue weighted by Crippen LogP contribution is -2.42. The fourth-order valence-corrected chi connectivity index (χ4v) is 6.23. The zero-order valence-corrected chi connectivity index (χ0v) is 25.9. The van der Waals surface area contributed by atoms with Gasteiger partial charge < -0.3 is 20.9 Å². The summed E-state index contributed by atoms with van der Waals surface area (Å²) in [5.41, 5.74) is 5.33. The van der Waals surface area contributed by atoms with Crippen molar-refractivity contribution in [3.8, 4) is 6.07 Å². The molecule has 0 spiro atoms. The highest BCUT2D eigenvalue weighted by Gasteiger charge is 2.44. The Kier molecular flexibility index (Phi) is 11.2. The second-order valence-corrected chi connectivity index (χ2v) is 11.1. The molecule has 11 nitrogen and oxygen atoms in total. The number of amides is 2. The van der Waals surface area contributed by atoms with Crippen LogP contribution in [0.25, 0.3) is 0 Å². The third kappa shape index (κ3) is 7.14. The molecule has 1 aromatic heterocycles. The van der Waals surface area contributed by atoms with Gasteiger partial charge in [0, 0.05) is 30.9 Å². The molecule has 11 heteroatoms. The standard InChI is InChI=1S/C28H32N8O2.C5H11N/c1-2-31-26(38)21-11-12-24-20(16-21)10-9-19-6-3-4-8-23(19)28(24,27-32-34-35-33-27)13-14-30-18-25(37)36-15-5-7-22(36)17-29;1-4-6-5(2)3/h3-4,6,8,11-12,16,22,30H,2,5,7,9-10,13-15,18H2,1H3,(H,31,38)(H,32,33,34,35);6H,2,4H2,1,3H3. The van der Waals surface area contributed by atoms with Gasteiger partial charge in [-0.2, -0.15) is 10.5 Å². The highest BCUT2D eigenvalue weighted by atomic mass is 16.2. The molecule has 232 valence electrons. The number of nitrogens with one attached hydrogen (secondary N) is 4. The average Bonchev–Trinajstić information content (AvgIpc) is 3.72. The quantitative estimate of drug-likeness (QED) is 0.260. The van der Waals surface area contributed by atoms with E-state index in [1.165, 1.54) is 5.56 Å². The number of carbonyl (C=O) groups excluding carboxylic acids is 2. The van der Waals surface area contributed by atoms with Crippen molar-refractivity contribution in [1.82, 2.24) is 41.5 Å². The van der Waals surface area contributed by atoms with Gasteiger partial charge in [-0.05, 0) is 93.8 Å². The number of allylic oxidation sites excluding steroid dienone is 1. The van der Waals surface area contributed by atoms with Gasteiger partial charge in [0.25, 0.3) is 5.91 Å². The van der Waals surface area contributed by atoms with Crippen LogP contribution in [0, 0.1) is 11.3 Å². The molecule has 2 aliphatic rings. The van der Waals surface area contributed by atoms with Gasteiger partial charge >= 0.3 is 0 Å². The predicted molar refractivity (Wildman–Crippen MR) is 169 cm³/mol. The number of H-pyrrole nitrogens is 1. The van der Waals surface area contributed by atoms with E-state index < -0.39 is 5.41 Å². The highest BCUT2D eigenvalue weighted by molar-refractivity contribution is 5.94. The molecular weight excluding hydrogens is 554 g/mol. The van der Waals surface area contributed by atoms with Gasteiger partial charge in [0.05, 0.1) is 18.0 Å². The van der Waals surface area contributed by atoms with Gasteiger partial charge in [-0.3, -0.25) is 9.59 Å². The minimum absolute atomic E-state index is 0.0593. The van der Waals surface area contributed by atoms with E-state index in [4.69, 9.17) is 0 Å². The molecule has 1 saturated heterocycles. The molecule has 1 fully saturated rings. The van der Waals surface area contributed by atoms with Gasteiger partial charge in [0.2, 0.25) is 5.91 Å². The van der Waals surface area contributed by atoms with Crippen LogP contribution < -0.4 is 16.0 Å². The number of aryl methyl sites for hydroxylation is 2. The fraction of sp³-hybridized carbons (Fsp3) is 0.455. The van der Waals surface area contributed by atoms with Crippen LogP contribution in [0.15, 0.2) is 54.7 Å². The number of likely N-dealkylation sites (tertiary alicyclic amines) is 1. The first-order valence-electron chi connectivity index (χ1n) is 15.4. The smallest absolute Gasteiger partial charge is 0.251 e. The Labute approximate surface area is 259 Å². The van der Waals surface area contributed by atoms with E-state index in [1.807, 2.05) is 44.2 Å². The minimum atomic E-state index is -0.728. The Bertz CT molecular complexity index is 1480. The molecule has 44 heavy (non-hydrogen) atoms. The van der Waals surface area contributed by atoms with Crippen molar-refractivity contribution in [2.24, 2.45) is 0 Å². The second kappa shape index (κ2) is 15.3. The number of benzene rings is 2. The Morgan fingerprint density at radius 1 is 1.11 bits per heavy atom. The Hall–Kier alpha value is -4.56. The van der Waals surface area contributed by atoms with Crippen LogP contribution in [0.2, 0.25) is 0 Å². The zero-order chi connectivity index (χ0) is 31.5. The summed E-state index contributed by atoms with van der Waals surface area (Å²) < 4.78 is 0. The lowest BCUT2D eigenvalue weighted by Gasteiger charge is -2.34. The fourth-order valence-electron chi connectivity index (χ4n) is 6.23. The van der Waals surface area contributed by atoms with Crippen molar-refractivity contribution in [1.29, 1.82) is 5.26 Å². The number of nitriles is 1. The average molecular weight is 598 g/mol. The summed E-state index contributed by atoms with van der Waals surface area (Å²) in [5.74, 6) is 0.395. The van der Waals surface area contributed by atoms with Crippen molar-refractivity contribution < 1.29 is 9.59 Å². The van der Waals surface area contributed by atoms with Crippen LogP contribution >= 0.6 is 0 Å². The van der Waals surface area contributed by atoms with Crippen LogP contribution in [0.3, 0.4) is 0 Å². The Morgan fingerprint density at radius 3 is 2.55 bits per heavy atom. The van der Waals surface area contributed by atoms with Gasteiger partial charge in [0.1, 0.15) is 6.04 Å². The first-order chi connectivity index (χ1) is 21.3. The summed E-state index contributed by atoms with van der Waals surface area (Å²) in [7, 11) is 0. The maximum absolute atomic E-state index is 12.8. The van der Waals surface area contributed by atoms with Gasteiger partial charge in [-0.25, -0.2) is 0 Å². The maximum Gasteiger partial charge on any atom is 0.251 e. The Morgan fingerprint density at radius 2 is 1.86 bits per heavy atom. The van der Waals surface area contributed by atoms with Crippen LogP contribution in [0.4, 0.5) is 0 Å². The predicted octanol–water partition coefficient (Wildman–Crippen LogP) is 3.01. The number of aromatic amines is 1. The van der Waals surface area contributed by atoms with Gasteiger partial charge in [-0.1, -0.05) is 42.1 Å². The molecule has 3 aromatic rings. The molecule has 2 unspecified atom stereocenters. The molecule has 0 bridgehead atoms. The molecule has 1 aliphatic heterocycles. The number of nitrogens with zero attached hydrogens (tertiary/aromatic N) is 5. The topological polar surface area (TPSA) is 152 Å². The summed E-state index contributed by atoms with van der Waals surface area (Å²) in [6.07, 6.45) is 3.76. The summed E-state index contributed by atoms with van der Waals surface area (Å²) in [6, 6.07) is 16.1. The second-order valence-electron chi connectivity index (χ2n) is 11.1. The largest absolute Gasteiger partial charge is 0.389 e. The summed E-state index contributed by atoms with van der Waals surface area (Å²) >= 11 is 0. The number of carbonyl (C=O) groups is 2. The number of fused-ring (bicyclic) bond motifs is 2. The zero-order valence-electron chi connectivity index (χ0n) is 25.9. The minimum Gasteiger partial charge on any atom is -0.389 e. The molecular formula is C33H43N9O2. The van der Waals surface area contributed by atoms with E-state index in [9.17, 15) is 14.9 Å². The van der Waals surface area contributed by atoms with Crippen molar-refractivity contribution in [3.63, 3.8) is 0 Å². The monoisotopic (exact) mass is 597 g/mol. The number of aromatic nitrogens is 4. The number of hydrogen-bond acceptors (Lipinski definition) is 8. The van der Waals surface area contributed by atoms with Gasteiger partial charge in [-0.15, -0.1) is 10.2 Å². The number of rotatable bonds is 10. The van der Waals surface area contributed by atoms with E-state index in [1.54, 1.807) is 4.90 Å². The first-order valence-corrected chi connectivity index (χ1v) is 15.4. The van der Waals surface area contributed by atoms with Crippen LogP contribution in [-0.4, -0.2) is 76.1 Å². The van der Waals surface area contributed by atoms with E-state index >= 15 is 0 Å². The molecule has 0 radical (unpaired) electrons. The SMILES string of the molecule is C=C(C)NCC.CCNC(=O)c1ccc2c(c1)CCc1ccccc1C2(CCNCC(=O)N1CCCC1C#N)c1nn[nH]n1. The maximum atomic E-state index is 12.8. The number of tetrazole rings is 1. The highest BCUT2D eigenvalue weighted by Crippen LogP contribution is 2.45. The molecule has 2 heterocycles. The summed E-state index contributed by atoms with van der Waals surface area (Å²) in [5, 5.41) is 34.0. The molecule has 1 aliphatic carbocycles. The normalized spacial score (nSPS) is 18.5. The van der Waals surface area contributed by atoms with Crippen LogP contribution in [0.1, 0.15) is 78.5 Å². The van der Waals surface area contributed by atoms with E-state index in [0.29, 0.717) is 37.4 Å². The molecule has 2 aromatic carbocycles. The first kappa shape index (κ1) is 32.4. The third-order valence-corrected chi connectivity index (χ3v) is 8.19. The molecule has 2 amide bonds. The number of hydrogen-bond donors (Lipinski definition) is 4. The van der Waals surface area contributed by atoms with Crippen LogP contribution in [0.5, 0.6) is 0 Å². The molecule has 4 N–H and O–H groups in total. The Balaban J connectivity index is 0.000000670. The van der Waals surface area contributed by atoms with Gasteiger partial charge in [0.15, 0.2) is 5.82 Å². The van der Waals surface area contributed by atoms with Crippen molar-refractivity contribution in [2.45, 2.75) is 64.3 Å². The van der Waals surface area contributed by atoms with Crippen molar-refractivity contribution >= 4 is 11.8 Å². The van der Waals surface area contributed by atoms with Crippen molar-refractivity contribution in [2.75, 3.05) is 32.7 Å². The van der Waals surface area contributed by atoms with Crippen LogP contribution in [-0.2, 0) is 23.1 Å². The molecule has 5 rings (SSSR count). The molecule has 0 saturated carbocycles. The lowest BCUT2D eigenvalue weighted by molar-refractivity contribution is -0.130. The molecule has 2 atom stereocenters. The van der Waals surface area contributed by atoms with Crippen molar-refractivity contribution in [3.05, 3.63) is 88.4 Å². The summed E-state index contributed by atoms with van der Waals surface area (Å²) in [6.45, 7) is 12.4.